The molecule has 5 nitrogen and oxygen atoms in total. The fourth-order valence-electron chi connectivity index (χ4n) is 4.26. The molecule has 1 saturated carbocycles. The second kappa shape index (κ2) is 9.09. The molecule has 2 aliphatic rings. The van der Waals surface area contributed by atoms with Crippen LogP contribution in [0.25, 0.3) is 0 Å². The maximum atomic E-state index is 14.6. The molecule has 0 aromatic heterocycles. The Morgan fingerprint density at radius 3 is 2.42 bits per heavy atom. The number of carbonyl (C=O) groups excluding carboxylic acids is 1. The van der Waals surface area contributed by atoms with E-state index in [4.69, 9.17) is 0 Å². The molecular weight excluding hydrogens is 415 g/mol. The normalized spacial score (nSPS) is 18.5. The Morgan fingerprint density at radius 2 is 1.77 bits per heavy atom. The van der Waals surface area contributed by atoms with Gasteiger partial charge in [0.25, 0.3) is 5.91 Å². The smallest absolute Gasteiger partial charge is 0.254 e. The Hall–Kier alpha value is -2.25. The van der Waals surface area contributed by atoms with Crippen LogP contribution in [0.3, 0.4) is 0 Å². The van der Waals surface area contributed by atoms with Gasteiger partial charge in [0.2, 0.25) is 10.0 Å². The van der Waals surface area contributed by atoms with Crippen molar-refractivity contribution in [3.05, 3.63) is 65.5 Å². The molecule has 1 atom stereocenters. The second-order valence-corrected chi connectivity index (χ2v) is 10.5. The summed E-state index contributed by atoms with van der Waals surface area (Å²) in [6.45, 7) is 3.24. The number of piperidine rings is 1. The third-order valence-electron chi connectivity index (χ3n) is 6.36. The van der Waals surface area contributed by atoms with Gasteiger partial charge in [-0.3, -0.25) is 4.79 Å². The van der Waals surface area contributed by atoms with Crippen LogP contribution in [-0.4, -0.2) is 42.7 Å². The Morgan fingerprint density at radius 1 is 1.10 bits per heavy atom. The lowest BCUT2D eigenvalue weighted by Gasteiger charge is -2.30. The molecule has 2 fully saturated rings. The Kier molecular flexibility index (Phi) is 6.44. The van der Waals surface area contributed by atoms with Crippen LogP contribution in [0.5, 0.6) is 0 Å². The summed E-state index contributed by atoms with van der Waals surface area (Å²) < 4.78 is 42.0. The molecule has 1 heterocycles. The van der Waals surface area contributed by atoms with Crippen molar-refractivity contribution in [3.8, 4) is 0 Å². The summed E-state index contributed by atoms with van der Waals surface area (Å²) in [5.74, 6) is -0.630. The largest absolute Gasteiger partial charge is 0.331 e. The average molecular weight is 445 g/mol. The topological polar surface area (TPSA) is 57.7 Å². The van der Waals surface area contributed by atoms with Gasteiger partial charge in [-0.25, -0.2) is 12.8 Å². The summed E-state index contributed by atoms with van der Waals surface area (Å²) in [4.78, 5) is 14.9. The zero-order valence-electron chi connectivity index (χ0n) is 17.8. The van der Waals surface area contributed by atoms with Gasteiger partial charge in [0.05, 0.1) is 0 Å². The molecule has 0 N–H and O–H groups in total. The van der Waals surface area contributed by atoms with E-state index in [1.807, 2.05) is 37.3 Å². The fourth-order valence-corrected chi connectivity index (χ4v) is 5.87. The van der Waals surface area contributed by atoms with Crippen LogP contribution in [0.1, 0.15) is 54.9 Å². The first-order valence-electron chi connectivity index (χ1n) is 11.0. The fraction of sp³-hybridized carbons (Fsp3) is 0.458. The number of sulfonamides is 1. The Bertz CT molecular complexity index is 1030. The van der Waals surface area contributed by atoms with Crippen molar-refractivity contribution in [2.75, 3.05) is 13.1 Å². The van der Waals surface area contributed by atoms with Crippen molar-refractivity contribution in [1.29, 1.82) is 0 Å². The quantitative estimate of drug-likeness (QED) is 0.634. The van der Waals surface area contributed by atoms with E-state index in [1.54, 1.807) is 4.90 Å². The molecule has 7 heteroatoms. The van der Waals surface area contributed by atoms with Crippen molar-refractivity contribution < 1.29 is 17.6 Å². The molecule has 4 rings (SSSR count). The lowest BCUT2D eigenvalue weighted by Crippen LogP contribution is -2.40. The minimum atomic E-state index is -3.97. The molecule has 1 saturated heterocycles. The van der Waals surface area contributed by atoms with Gasteiger partial charge in [0.15, 0.2) is 0 Å². The predicted octanol–water partition coefficient (Wildman–Crippen LogP) is 4.44. The van der Waals surface area contributed by atoms with E-state index in [9.17, 15) is 17.6 Å². The first-order valence-corrected chi connectivity index (χ1v) is 12.5. The third-order valence-corrected chi connectivity index (χ3v) is 8.28. The van der Waals surface area contributed by atoms with Crippen molar-refractivity contribution in [1.82, 2.24) is 9.21 Å². The first kappa shape index (κ1) is 22.0. The van der Waals surface area contributed by atoms with Gasteiger partial charge in [-0.2, -0.15) is 4.31 Å². The summed E-state index contributed by atoms with van der Waals surface area (Å²) >= 11 is 0. The maximum absolute atomic E-state index is 14.6. The number of carbonyl (C=O) groups is 1. The molecule has 2 aromatic carbocycles. The van der Waals surface area contributed by atoms with Gasteiger partial charge in [0, 0.05) is 31.2 Å². The highest BCUT2D eigenvalue weighted by molar-refractivity contribution is 7.89. The predicted molar refractivity (Wildman–Crippen MR) is 118 cm³/mol. The van der Waals surface area contributed by atoms with Crippen molar-refractivity contribution >= 4 is 15.9 Å². The molecule has 166 valence electrons. The van der Waals surface area contributed by atoms with Gasteiger partial charge < -0.3 is 4.90 Å². The lowest BCUT2D eigenvalue weighted by molar-refractivity contribution is 0.0654. The Balaban J connectivity index is 1.65. The van der Waals surface area contributed by atoms with Gasteiger partial charge in [-0.15, -0.1) is 0 Å². The molecule has 2 aromatic rings. The van der Waals surface area contributed by atoms with Gasteiger partial charge in [0.1, 0.15) is 10.7 Å². The molecule has 0 radical (unpaired) electrons. The summed E-state index contributed by atoms with van der Waals surface area (Å²) in [5, 5.41) is 0. The van der Waals surface area contributed by atoms with E-state index in [2.05, 4.69) is 0 Å². The lowest BCUT2D eigenvalue weighted by atomic mass is 10.1. The van der Waals surface area contributed by atoms with Crippen LogP contribution >= 0.6 is 0 Å². The zero-order valence-corrected chi connectivity index (χ0v) is 18.7. The number of hydrogen-bond donors (Lipinski definition) is 0. The second-order valence-electron chi connectivity index (χ2n) is 8.61. The van der Waals surface area contributed by atoms with E-state index in [0.717, 1.165) is 43.7 Å². The number of benzene rings is 2. The van der Waals surface area contributed by atoms with Crippen molar-refractivity contribution in [2.24, 2.45) is 5.92 Å². The van der Waals surface area contributed by atoms with E-state index < -0.39 is 20.7 Å². The van der Waals surface area contributed by atoms with E-state index in [-0.39, 0.29) is 17.5 Å². The highest BCUT2D eigenvalue weighted by atomic mass is 32.2. The molecule has 31 heavy (non-hydrogen) atoms. The summed E-state index contributed by atoms with van der Waals surface area (Å²) in [6, 6.07) is 13.5. The molecule has 0 bridgehead atoms. The van der Waals surface area contributed by atoms with Gasteiger partial charge >= 0.3 is 0 Å². The van der Waals surface area contributed by atoms with Crippen LogP contribution in [0.4, 0.5) is 4.39 Å². The minimum absolute atomic E-state index is 0.0277. The number of rotatable bonds is 7. The van der Waals surface area contributed by atoms with Gasteiger partial charge in [-0.05, 0) is 62.3 Å². The summed E-state index contributed by atoms with van der Waals surface area (Å²) in [7, 11) is -3.97. The molecule has 1 aliphatic carbocycles. The number of hydrogen-bond acceptors (Lipinski definition) is 3. The van der Waals surface area contributed by atoms with Crippen molar-refractivity contribution in [3.63, 3.8) is 0 Å². The maximum Gasteiger partial charge on any atom is 0.254 e. The van der Waals surface area contributed by atoms with Gasteiger partial charge in [-0.1, -0.05) is 36.8 Å². The van der Waals surface area contributed by atoms with E-state index >= 15 is 0 Å². The summed E-state index contributed by atoms with van der Waals surface area (Å²) in [5.41, 5.74) is 1.21. The number of halogens is 1. The number of nitrogens with zero attached hydrogens (tertiary/aromatic N) is 2. The first-order chi connectivity index (χ1) is 14.9. The molecule has 1 unspecified atom stereocenters. The highest BCUT2D eigenvalue weighted by Gasteiger charge is 2.35. The third kappa shape index (κ3) is 4.83. The molecular formula is C24H29FN2O3S. The van der Waals surface area contributed by atoms with Crippen LogP contribution < -0.4 is 0 Å². The van der Waals surface area contributed by atoms with Crippen LogP contribution in [0.15, 0.2) is 53.4 Å². The highest BCUT2D eigenvalue weighted by Crippen LogP contribution is 2.36. The van der Waals surface area contributed by atoms with E-state index in [0.29, 0.717) is 25.6 Å². The van der Waals surface area contributed by atoms with Crippen LogP contribution in [0.2, 0.25) is 0 Å². The monoisotopic (exact) mass is 444 g/mol. The van der Waals surface area contributed by atoms with E-state index in [1.165, 1.54) is 16.4 Å². The molecule has 0 spiro atoms. The van der Waals surface area contributed by atoms with Crippen LogP contribution in [-0.2, 0) is 16.6 Å². The minimum Gasteiger partial charge on any atom is -0.331 e. The SMILES string of the molecule is CC(C1CC1)N(Cc1ccccc1)C(=O)c1ccc(F)c(S(=O)(=O)N2CCCCC2)c1. The van der Waals surface area contributed by atoms with Crippen molar-refractivity contribution in [2.45, 2.75) is 56.5 Å². The molecule has 1 aliphatic heterocycles. The zero-order chi connectivity index (χ0) is 22.0. The molecule has 1 amide bonds. The number of amides is 1. The Labute approximate surface area is 183 Å². The van der Waals surface area contributed by atoms with Crippen LogP contribution in [0, 0.1) is 11.7 Å². The summed E-state index contributed by atoms with van der Waals surface area (Å²) in [6.07, 6.45) is 4.67. The average Bonchev–Trinajstić information content (AvgIpc) is 3.64. The standard InChI is InChI=1S/C24H29FN2O3S/c1-18(20-10-11-20)27(17-19-8-4-2-5-9-19)24(28)21-12-13-22(25)23(16-21)31(29,30)26-14-6-3-7-15-26/h2,4-5,8-9,12-13,16,18,20H,3,6-7,10-11,14-15,17H2,1H3.